The summed E-state index contributed by atoms with van der Waals surface area (Å²) in [5.74, 6) is -0.571. The fraction of sp³-hybridized carbons (Fsp3) is 0.222. The van der Waals surface area contributed by atoms with Gasteiger partial charge in [0.05, 0.1) is 19.2 Å². The van der Waals surface area contributed by atoms with Crippen LogP contribution < -0.4 is 10.2 Å². The van der Waals surface area contributed by atoms with Crippen LogP contribution in [0.25, 0.3) is 0 Å². The number of amides is 1. The van der Waals surface area contributed by atoms with Gasteiger partial charge in [0.2, 0.25) is 5.91 Å². The topological polar surface area (TPSA) is 58.6 Å². The van der Waals surface area contributed by atoms with Gasteiger partial charge in [-0.3, -0.25) is 4.79 Å². The van der Waals surface area contributed by atoms with Gasteiger partial charge in [-0.1, -0.05) is 24.3 Å². The number of para-hydroxylation sites is 1. The normalized spacial score (nSPS) is 10.0. The van der Waals surface area contributed by atoms with Crippen molar-refractivity contribution in [1.82, 2.24) is 0 Å². The third-order valence-electron chi connectivity index (χ3n) is 3.40. The molecule has 0 radical (unpaired) electrons. The minimum atomic E-state index is -0.430. The average molecular weight is 312 g/mol. The average Bonchev–Trinajstić information content (AvgIpc) is 2.60. The lowest BCUT2D eigenvalue weighted by Crippen LogP contribution is -2.33. The number of nitrogens with one attached hydrogen (secondary N) is 1. The first kappa shape index (κ1) is 16.5. The first-order chi connectivity index (χ1) is 11.1. The highest BCUT2D eigenvalue weighted by molar-refractivity contribution is 5.96. The summed E-state index contributed by atoms with van der Waals surface area (Å²) in [6.45, 7) is 2.96. The molecule has 5 heteroatoms. The maximum atomic E-state index is 12.2. The predicted molar refractivity (Wildman–Crippen MR) is 90.7 cm³/mol. The van der Waals surface area contributed by atoms with Crippen LogP contribution >= 0.6 is 0 Å². The van der Waals surface area contributed by atoms with E-state index in [2.05, 4.69) is 10.1 Å². The number of nitrogens with zero attached hydrogens (tertiary/aromatic N) is 1. The number of carbonyl (C=O) groups is 2. The number of benzene rings is 2. The highest BCUT2D eigenvalue weighted by Gasteiger charge is 2.11. The molecule has 0 heterocycles. The van der Waals surface area contributed by atoms with Crippen molar-refractivity contribution in [1.29, 1.82) is 0 Å². The van der Waals surface area contributed by atoms with Crippen LogP contribution in [0.4, 0.5) is 11.4 Å². The lowest BCUT2D eigenvalue weighted by molar-refractivity contribution is -0.115. The van der Waals surface area contributed by atoms with Gasteiger partial charge in [0.1, 0.15) is 0 Å². The molecule has 2 aromatic carbocycles. The first-order valence-corrected chi connectivity index (χ1v) is 7.42. The highest BCUT2D eigenvalue weighted by Crippen LogP contribution is 2.14. The van der Waals surface area contributed by atoms with Crippen LogP contribution in [-0.2, 0) is 9.53 Å². The Morgan fingerprint density at radius 3 is 2.48 bits per heavy atom. The molecule has 2 aromatic rings. The number of ether oxygens (including phenoxy) is 1. The van der Waals surface area contributed by atoms with Crippen molar-refractivity contribution in [2.24, 2.45) is 0 Å². The molecule has 0 saturated carbocycles. The van der Waals surface area contributed by atoms with Crippen molar-refractivity contribution in [2.45, 2.75) is 6.92 Å². The van der Waals surface area contributed by atoms with Gasteiger partial charge in [0.25, 0.3) is 0 Å². The van der Waals surface area contributed by atoms with Gasteiger partial charge in [-0.2, -0.15) is 0 Å². The number of anilines is 2. The van der Waals surface area contributed by atoms with Crippen LogP contribution in [0, 0.1) is 0 Å². The van der Waals surface area contributed by atoms with Crippen molar-refractivity contribution < 1.29 is 14.3 Å². The Hall–Kier alpha value is -2.82. The van der Waals surface area contributed by atoms with Gasteiger partial charge < -0.3 is 15.0 Å². The summed E-state index contributed by atoms with van der Waals surface area (Å²) in [6.07, 6.45) is 0. The number of hydrogen-bond donors (Lipinski definition) is 1. The second-order valence-electron chi connectivity index (χ2n) is 4.97. The summed E-state index contributed by atoms with van der Waals surface area (Å²) in [6, 6.07) is 16.4. The van der Waals surface area contributed by atoms with E-state index in [4.69, 9.17) is 0 Å². The van der Waals surface area contributed by atoms with Crippen molar-refractivity contribution in [2.75, 3.05) is 30.4 Å². The van der Waals surface area contributed by atoms with Crippen LogP contribution in [0.2, 0.25) is 0 Å². The first-order valence-electron chi connectivity index (χ1n) is 7.42. The second kappa shape index (κ2) is 7.98. The number of carbonyl (C=O) groups excluding carboxylic acids is 2. The Labute approximate surface area is 135 Å². The van der Waals surface area contributed by atoms with Gasteiger partial charge in [-0.25, -0.2) is 4.79 Å². The van der Waals surface area contributed by atoms with Crippen molar-refractivity contribution >= 4 is 23.3 Å². The van der Waals surface area contributed by atoms with Crippen molar-refractivity contribution in [3.8, 4) is 0 Å². The molecule has 0 saturated heterocycles. The molecular weight excluding hydrogens is 292 g/mol. The smallest absolute Gasteiger partial charge is 0.337 e. The lowest BCUT2D eigenvalue weighted by atomic mass is 10.2. The maximum Gasteiger partial charge on any atom is 0.337 e. The van der Waals surface area contributed by atoms with Crippen LogP contribution in [0.3, 0.4) is 0 Å². The molecule has 23 heavy (non-hydrogen) atoms. The molecule has 0 aliphatic heterocycles. The molecule has 0 atom stereocenters. The molecule has 0 fully saturated rings. The lowest BCUT2D eigenvalue weighted by Gasteiger charge is -2.22. The Kier molecular flexibility index (Phi) is 5.74. The predicted octanol–water partition coefficient (Wildman–Crippen LogP) is 2.94. The van der Waals surface area contributed by atoms with Crippen LogP contribution in [0.1, 0.15) is 17.3 Å². The molecule has 0 spiro atoms. The van der Waals surface area contributed by atoms with Gasteiger partial charge >= 0.3 is 5.97 Å². The van der Waals surface area contributed by atoms with E-state index in [1.807, 2.05) is 42.2 Å². The van der Waals surface area contributed by atoms with E-state index < -0.39 is 5.97 Å². The summed E-state index contributed by atoms with van der Waals surface area (Å²) in [4.78, 5) is 25.7. The molecular formula is C18H20N2O3. The standard InChI is InChI=1S/C18H20N2O3/c1-3-20(16-10-5-4-6-11-16)13-17(21)19-15-9-7-8-14(12-15)18(22)23-2/h4-12H,3,13H2,1-2H3,(H,19,21). The third-order valence-corrected chi connectivity index (χ3v) is 3.40. The minimum Gasteiger partial charge on any atom is -0.465 e. The number of hydrogen-bond acceptors (Lipinski definition) is 4. The van der Waals surface area contributed by atoms with E-state index in [0.717, 1.165) is 12.2 Å². The van der Waals surface area contributed by atoms with E-state index in [9.17, 15) is 9.59 Å². The molecule has 0 aliphatic carbocycles. The number of likely N-dealkylation sites (N-methyl/N-ethyl adjacent to an activating group) is 1. The quantitative estimate of drug-likeness (QED) is 0.833. The largest absolute Gasteiger partial charge is 0.465 e. The summed E-state index contributed by atoms with van der Waals surface area (Å²) >= 11 is 0. The molecule has 1 N–H and O–H groups in total. The van der Waals surface area contributed by atoms with Crippen LogP contribution in [0.5, 0.6) is 0 Å². The molecule has 5 nitrogen and oxygen atoms in total. The van der Waals surface area contributed by atoms with Gasteiger partial charge in [0, 0.05) is 17.9 Å². The Morgan fingerprint density at radius 2 is 1.83 bits per heavy atom. The van der Waals surface area contributed by atoms with Crippen molar-refractivity contribution in [3.63, 3.8) is 0 Å². The van der Waals surface area contributed by atoms with Gasteiger partial charge in [0.15, 0.2) is 0 Å². The molecule has 2 rings (SSSR count). The summed E-state index contributed by atoms with van der Waals surface area (Å²) in [5, 5.41) is 2.81. The minimum absolute atomic E-state index is 0.141. The summed E-state index contributed by atoms with van der Waals surface area (Å²) in [5.41, 5.74) is 1.97. The Morgan fingerprint density at radius 1 is 1.09 bits per heavy atom. The molecule has 0 bridgehead atoms. The summed E-state index contributed by atoms with van der Waals surface area (Å²) < 4.78 is 4.68. The van der Waals surface area contributed by atoms with Crippen molar-refractivity contribution in [3.05, 3.63) is 60.2 Å². The zero-order valence-electron chi connectivity index (χ0n) is 13.3. The number of rotatable bonds is 6. The highest BCUT2D eigenvalue weighted by atomic mass is 16.5. The number of methoxy groups -OCH3 is 1. The monoisotopic (exact) mass is 312 g/mol. The van der Waals surface area contributed by atoms with E-state index >= 15 is 0 Å². The van der Waals surface area contributed by atoms with Crippen LogP contribution in [0.15, 0.2) is 54.6 Å². The molecule has 0 unspecified atom stereocenters. The fourth-order valence-electron chi connectivity index (χ4n) is 2.24. The van der Waals surface area contributed by atoms with E-state index in [1.54, 1.807) is 24.3 Å². The maximum absolute atomic E-state index is 12.2. The molecule has 120 valence electrons. The van der Waals surface area contributed by atoms with E-state index in [-0.39, 0.29) is 12.5 Å². The number of esters is 1. The van der Waals surface area contributed by atoms with E-state index in [0.29, 0.717) is 11.3 Å². The van der Waals surface area contributed by atoms with Crippen LogP contribution in [-0.4, -0.2) is 32.1 Å². The second-order valence-corrected chi connectivity index (χ2v) is 4.97. The Balaban J connectivity index is 2.03. The molecule has 0 aromatic heterocycles. The fourth-order valence-corrected chi connectivity index (χ4v) is 2.24. The third kappa shape index (κ3) is 4.57. The zero-order chi connectivity index (χ0) is 16.7. The SMILES string of the molecule is CCN(CC(=O)Nc1cccc(C(=O)OC)c1)c1ccccc1. The van der Waals surface area contributed by atoms with Gasteiger partial charge in [-0.05, 0) is 37.3 Å². The molecule has 1 amide bonds. The van der Waals surface area contributed by atoms with Gasteiger partial charge in [-0.15, -0.1) is 0 Å². The zero-order valence-corrected chi connectivity index (χ0v) is 13.3. The molecule has 0 aliphatic rings. The Bertz CT molecular complexity index is 671. The summed E-state index contributed by atoms with van der Waals surface area (Å²) in [7, 11) is 1.33. The van der Waals surface area contributed by atoms with E-state index in [1.165, 1.54) is 7.11 Å².